The van der Waals surface area contributed by atoms with Crippen LogP contribution >= 0.6 is 0 Å². The Morgan fingerprint density at radius 2 is 1.86 bits per heavy atom. The number of ether oxygens (including phenoxy) is 1. The summed E-state index contributed by atoms with van der Waals surface area (Å²) in [5, 5.41) is 2.73. The molecule has 1 aliphatic carbocycles. The number of carbonyl (C=O) groups is 3. The van der Waals surface area contributed by atoms with E-state index in [2.05, 4.69) is 5.32 Å². The number of sulfone groups is 1. The topological polar surface area (TPSA) is 110 Å². The molecule has 1 saturated heterocycles. The summed E-state index contributed by atoms with van der Waals surface area (Å²) in [6.07, 6.45) is 5.66. The van der Waals surface area contributed by atoms with Gasteiger partial charge in [0, 0.05) is 19.5 Å². The molecule has 160 valence electrons. The summed E-state index contributed by atoms with van der Waals surface area (Å²) < 4.78 is 28.9. The second-order valence-corrected chi connectivity index (χ2v) is 10.1. The maximum absolute atomic E-state index is 12.7. The first-order valence-corrected chi connectivity index (χ1v) is 12.0. The standard InChI is InChI=1S/C19H32N2O6S/c1-3-4-11-21(16-8-12-28(25,26)14-16)17(23)13-27-18(24)19(20-15(2)22)9-6-5-7-10-19/h16H,3-14H2,1-2H3,(H,20,22). The molecule has 0 aromatic carbocycles. The summed E-state index contributed by atoms with van der Waals surface area (Å²) in [5.41, 5.74) is -1.06. The molecule has 2 aliphatic rings. The molecule has 2 amide bonds. The zero-order valence-electron chi connectivity index (χ0n) is 16.9. The maximum Gasteiger partial charge on any atom is 0.332 e. The van der Waals surface area contributed by atoms with Crippen LogP contribution < -0.4 is 5.32 Å². The summed E-state index contributed by atoms with van der Waals surface area (Å²) in [4.78, 5) is 38.6. The lowest BCUT2D eigenvalue weighted by atomic mass is 9.81. The first kappa shape index (κ1) is 22.6. The Morgan fingerprint density at radius 3 is 2.39 bits per heavy atom. The Bertz CT molecular complexity index is 685. The molecule has 2 rings (SSSR count). The van der Waals surface area contributed by atoms with Gasteiger partial charge in [-0.2, -0.15) is 0 Å². The Balaban J connectivity index is 2.01. The van der Waals surface area contributed by atoms with Crippen LogP contribution in [0.2, 0.25) is 0 Å². The molecule has 1 heterocycles. The highest BCUT2D eigenvalue weighted by Crippen LogP contribution is 2.29. The van der Waals surface area contributed by atoms with Gasteiger partial charge in [-0.25, -0.2) is 13.2 Å². The van der Waals surface area contributed by atoms with Crippen molar-refractivity contribution in [1.82, 2.24) is 10.2 Å². The molecule has 1 atom stereocenters. The minimum Gasteiger partial charge on any atom is -0.454 e. The van der Waals surface area contributed by atoms with Crippen molar-refractivity contribution in [3.05, 3.63) is 0 Å². The van der Waals surface area contributed by atoms with E-state index < -0.39 is 28.0 Å². The Morgan fingerprint density at radius 1 is 1.18 bits per heavy atom. The van der Waals surface area contributed by atoms with Gasteiger partial charge in [-0.1, -0.05) is 32.6 Å². The number of unbranched alkanes of at least 4 members (excludes halogenated alkanes) is 1. The number of nitrogens with zero attached hydrogens (tertiary/aromatic N) is 1. The number of carbonyl (C=O) groups excluding carboxylic acids is 3. The number of esters is 1. The molecule has 0 radical (unpaired) electrons. The molecular weight excluding hydrogens is 384 g/mol. The highest BCUT2D eigenvalue weighted by atomic mass is 32.2. The molecule has 0 aromatic rings. The van der Waals surface area contributed by atoms with Gasteiger partial charge in [0.2, 0.25) is 5.91 Å². The summed E-state index contributed by atoms with van der Waals surface area (Å²) >= 11 is 0. The van der Waals surface area contributed by atoms with Crippen molar-refractivity contribution in [3.63, 3.8) is 0 Å². The lowest BCUT2D eigenvalue weighted by Crippen LogP contribution is -2.56. The first-order valence-electron chi connectivity index (χ1n) is 10.1. The van der Waals surface area contributed by atoms with Crippen molar-refractivity contribution in [2.45, 2.75) is 76.8 Å². The van der Waals surface area contributed by atoms with E-state index in [0.717, 1.165) is 32.1 Å². The third-order valence-electron chi connectivity index (χ3n) is 5.56. The molecule has 28 heavy (non-hydrogen) atoms. The van der Waals surface area contributed by atoms with Gasteiger partial charge in [-0.05, 0) is 25.7 Å². The van der Waals surface area contributed by atoms with Crippen molar-refractivity contribution < 1.29 is 27.5 Å². The Kier molecular flexibility index (Phi) is 7.86. The molecule has 0 bridgehead atoms. The fourth-order valence-corrected chi connectivity index (χ4v) is 5.81. The van der Waals surface area contributed by atoms with E-state index in [1.807, 2.05) is 6.92 Å². The highest BCUT2D eigenvalue weighted by Gasteiger charge is 2.42. The number of amides is 2. The summed E-state index contributed by atoms with van der Waals surface area (Å²) in [7, 11) is -3.12. The number of hydrogen-bond donors (Lipinski definition) is 1. The van der Waals surface area contributed by atoms with E-state index in [9.17, 15) is 22.8 Å². The molecule has 1 aliphatic heterocycles. The quantitative estimate of drug-likeness (QED) is 0.595. The van der Waals surface area contributed by atoms with E-state index in [4.69, 9.17) is 4.74 Å². The molecule has 1 unspecified atom stereocenters. The van der Waals surface area contributed by atoms with Gasteiger partial charge in [0.15, 0.2) is 16.4 Å². The van der Waals surface area contributed by atoms with Gasteiger partial charge in [0.05, 0.1) is 11.5 Å². The molecule has 0 aromatic heterocycles. The van der Waals surface area contributed by atoms with Gasteiger partial charge < -0.3 is 15.0 Å². The number of rotatable bonds is 8. The van der Waals surface area contributed by atoms with Crippen LogP contribution in [0.5, 0.6) is 0 Å². The van der Waals surface area contributed by atoms with Crippen LogP contribution in [0.25, 0.3) is 0 Å². The smallest absolute Gasteiger partial charge is 0.332 e. The van der Waals surface area contributed by atoms with Crippen LogP contribution in [-0.4, -0.2) is 67.3 Å². The molecule has 9 heteroatoms. The van der Waals surface area contributed by atoms with Gasteiger partial charge in [-0.15, -0.1) is 0 Å². The maximum atomic E-state index is 12.7. The largest absolute Gasteiger partial charge is 0.454 e. The van der Waals surface area contributed by atoms with Crippen LogP contribution in [-0.2, 0) is 29.0 Å². The minimum absolute atomic E-state index is 0.0355. The Labute approximate surface area is 167 Å². The third kappa shape index (κ3) is 5.93. The monoisotopic (exact) mass is 416 g/mol. The number of hydrogen-bond acceptors (Lipinski definition) is 6. The molecule has 1 saturated carbocycles. The lowest BCUT2D eigenvalue weighted by molar-refractivity contribution is -0.161. The van der Waals surface area contributed by atoms with Gasteiger partial charge in [0.1, 0.15) is 5.54 Å². The molecule has 1 N–H and O–H groups in total. The highest BCUT2D eigenvalue weighted by molar-refractivity contribution is 7.91. The van der Waals surface area contributed by atoms with E-state index in [0.29, 0.717) is 25.8 Å². The van der Waals surface area contributed by atoms with E-state index in [1.54, 1.807) is 4.90 Å². The second kappa shape index (κ2) is 9.71. The molecule has 8 nitrogen and oxygen atoms in total. The van der Waals surface area contributed by atoms with Gasteiger partial charge in [-0.3, -0.25) is 9.59 Å². The summed E-state index contributed by atoms with van der Waals surface area (Å²) in [5.74, 6) is -1.21. The Hall–Kier alpha value is -1.64. The third-order valence-corrected chi connectivity index (χ3v) is 7.31. The van der Waals surface area contributed by atoms with Gasteiger partial charge >= 0.3 is 5.97 Å². The van der Waals surface area contributed by atoms with E-state index >= 15 is 0 Å². The van der Waals surface area contributed by atoms with Crippen molar-refractivity contribution in [2.75, 3.05) is 24.7 Å². The molecule has 0 spiro atoms. The van der Waals surface area contributed by atoms with Gasteiger partial charge in [0.25, 0.3) is 5.91 Å². The summed E-state index contributed by atoms with van der Waals surface area (Å²) in [6, 6.07) is -0.360. The average Bonchev–Trinajstić information content (AvgIpc) is 2.99. The number of nitrogens with one attached hydrogen (secondary N) is 1. The minimum atomic E-state index is -3.12. The van der Waals surface area contributed by atoms with Crippen LogP contribution in [0.4, 0.5) is 0 Å². The fraction of sp³-hybridized carbons (Fsp3) is 0.842. The van der Waals surface area contributed by atoms with E-state index in [-0.39, 0.29) is 29.4 Å². The van der Waals surface area contributed by atoms with Crippen LogP contribution in [0.15, 0.2) is 0 Å². The van der Waals surface area contributed by atoms with Crippen molar-refractivity contribution >= 4 is 27.6 Å². The fourth-order valence-electron chi connectivity index (χ4n) is 4.08. The summed E-state index contributed by atoms with van der Waals surface area (Å²) in [6.45, 7) is 3.38. The van der Waals surface area contributed by atoms with Crippen LogP contribution in [0.1, 0.15) is 65.2 Å². The first-order chi connectivity index (χ1) is 13.2. The van der Waals surface area contributed by atoms with Crippen molar-refractivity contribution in [3.8, 4) is 0 Å². The van der Waals surface area contributed by atoms with E-state index in [1.165, 1.54) is 6.92 Å². The van der Waals surface area contributed by atoms with Crippen molar-refractivity contribution in [1.29, 1.82) is 0 Å². The normalized spacial score (nSPS) is 23.0. The van der Waals surface area contributed by atoms with Crippen LogP contribution in [0, 0.1) is 0 Å². The zero-order valence-corrected chi connectivity index (χ0v) is 17.7. The van der Waals surface area contributed by atoms with Crippen molar-refractivity contribution in [2.24, 2.45) is 0 Å². The SMILES string of the molecule is CCCCN(C(=O)COC(=O)C1(NC(C)=O)CCCCC1)C1CCS(=O)(=O)C1. The molecular formula is C19H32N2O6S. The molecule has 2 fully saturated rings. The lowest BCUT2D eigenvalue weighted by Gasteiger charge is -2.35. The van der Waals surface area contributed by atoms with Crippen LogP contribution in [0.3, 0.4) is 0 Å². The predicted molar refractivity (Wildman–Crippen MR) is 104 cm³/mol. The zero-order chi connectivity index (χ0) is 20.8. The predicted octanol–water partition coefficient (Wildman–Crippen LogP) is 1.18. The second-order valence-electron chi connectivity index (χ2n) is 7.90. The average molecular weight is 417 g/mol.